The molecule has 0 aliphatic rings. The van der Waals surface area contributed by atoms with Crippen LogP contribution in [0.15, 0.2) is 12.1 Å². The van der Waals surface area contributed by atoms with E-state index < -0.39 is 17.2 Å². The van der Waals surface area contributed by atoms with Crippen molar-refractivity contribution < 1.29 is 24.9 Å². The van der Waals surface area contributed by atoms with E-state index in [1.54, 1.807) is 6.92 Å². The lowest BCUT2D eigenvalue weighted by Gasteiger charge is -2.05. The molecule has 3 N–H and O–H groups in total. The van der Waals surface area contributed by atoms with Gasteiger partial charge in [0.25, 0.3) is 0 Å². The topological polar surface area (TPSA) is 87.0 Å². The van der Waals surface area contributed by atoms with Gasteiger partial charge in [-0.3, -0.25) is 4.79 Å². The van der Waals surface area contributed by atoms with Crippen molar-refractivity contribution in [2.75, 3.05) is 6.61 Å². The van der Waals surface area contributed by atoms with Gasteiger partial charge in [-0.25, -0.2) is 0 Å². The second-order valence-electron chi connectivity index (χ2n) is 3.29. The third-order valence-corrected chi connectivity index (χ3v) is 2.05. The lowest BCUT2D eigenvalue weighted by molar-refractivity contribution is -0.143. The standard InChI is InChI=1S/C11H14O5/c1-2-16-10(14)4-3-7-5-8(12)11(15)9(13)6-7/h5-6,12-13,15H,2-4H2,1H3. The van der Waals surface area contributed by atoms with E-state index in [9.17, 15) is 15.0 Å². The third-order valence-electron chi connectivity index (χ3n) is 2.05. The Bertz CT molecular complexity index is 363. The molecule has 0 aromatic heterocycles. The van der Waals surface area contributed by atoms with Crippen molar-refractivity contribution in [3.05, 3.63) is 17.7 Å². The molecule has 0 unspecified atom stereocenters. The number of rotatable bonds is 4. The van der Waals surface area contributed by atoms with Crippen molar-refractivity contribution in [1.29, 1.82) is 0 Å². The summed E-state index contributed by atoms with van der Waals surface area (Å²) >= 11 is 0. The van der Waals surface area contributed by atoms with Gasteiger partial charge in [-0.1, -0.05) is 0 Å². The van der Waals surface area contributed by atoms with E-state index in [1.165, 1.54) is 12.1 Å². The van der Waals surface area contributed by atoms with Crippen LogP contribution in [0.3, 0.4) is 0 Å². The fraction of sp³-hybridized carbons (Fsp3) is 0.364. The number of esters is 1. The Kier molecular flexibility index (Phi) is 3.99. The molecule has 16 heavy (non-hydrogen) atoms. The minimum Gasteiger partial charge on any atom is -0.504 e. The van der Waals surface area contributed by atoms with E-state index in [4.69, 9.17) is 9.84 Å². The Balaban J connectivity index is 2.65. The van der Waals surface area contributed by atoms with E-state index in [1.807, 2.05) is 0 Å². The minimum atomic E-state index is -0.556. The molecule has 0 fully saturated rings. The van der Waals surface area contributed by atoms with Crippen molar-refractivity contribution in [3.8, 4) is 17.2 Å². The van der Waals surface area contributed by atoms with Crippen LogP contribution in [0.4, 0.5) is 0 Å². The number of hydrogen-bond acceptors (Lipinski definition) is 5. The number of phenols is 3. The van der Waals surface area contributed by atoms with Crippen LogP contribution in [0.25, 0.3) is 0 Å². The molecule has 0 aliphatic carbocycles. The van der Waals surface area contributed by atoms with Gasteiger partial charge in [0.05, 0.1) is 6.61 Å². The number of carbonyl (C=O) groups excluding carboxylic acids is 1. The van der Waals surface area contributed by atoms with Crippen molar-refractivity contribution in [2.24, 2.45) is 0 Å². The zero-order valence-corrected chi connectivity index (χ0v) is 8.93. The maximum Gasteiger partial charge on any atom is 0.306 e. The first-order valence-corrected chi connectivity index (χ1v) is 4.94. The van der Waals surface area contributed by atoms with Crippen LogP contribution in [0.5, 0.6) is 17.2 Å². The smallest absolute Gasteiger partial charge is 0.306 e. The third kappa shape index (κ3) is 3.05. The summed E-state index contributed by atoms with van der Waals surface area (Å²) in [6.45, 7) is 2.04. The number of aromatic hydroxyl groups is 3. The van der Waals surface area contributed by atoms with Gasteiger partial charge in [-0.15, -0.1) is 0 Å². The lowest BCUT2D eigenvalue weighted by atomic mass is 10.1. The number of aryl methyl sites for hydroxylation is 1. The highest BCUT2D eigenvalue weighted by molar-refractivity contribution is 5.69. The zero-order chi connectivity index (χ0) is 12.1. The summed E-state index contributed by atoms with van der Waals surface area (Å²) in [6.07, 6.45) is 0.498. The van der Waals surface area contributed by atoms with E-state index in [2.05, 4.69) is 0 Å². The molecule has 0 amide bonds. The van der Waals surface area contributed by atoms with Gasteiger partial charge in [-0.05, 0) is 31.0 Å². The summed E-state index contributed by atoms with van der Waals surface area (Å²) in [7, 11) is 0. The van der Waals surface area contributed by atoms with Gasteiger partial charge in [0.1, 0.15) is 0 Å². The number of hydrogen-bond donors (Lipinski definition) is 3. The second kappa shape index (κ2) is 5.25. The first kappa shape index (κ1) is 12.2. The van der Waals surface area contributed by atoms with Crippen molar-refractivity contribution in [2.45, 2.75) is 19.8 Å². The summed E-state index contributed by atoms with van der Waals surface area (Å²) in [5.74, 6) is -1.70. The van der Waals surface area contributed by atoms with Crippen molar-refractivity contribution in [3.63, 3.8) is 0 Å². The fourth-order valence-corrected chi connectivity index (χ4v) is 1.28. The lowest BCUT2D eigenvalue weighted by Crippen LogP contribution is -2.05. The molecule has 0 aliphatic heterocycles. The highest BCUT2D eigenvalue weighted by atomic mass is 16.5. The van der Waals surface area contributed by atoms with Crippen LogP contribution in [-0.4, -0.2) is 27.9 Å². The maximum absolute atomic E-state index is 11.1. The highest BCUT2D eigenvalue weighted by Gasteiger charge is 2.09. The average molecular weight is 226 g/mol. The predicted molar refractivity (Wildman–Crippen MR) is 56.4 cm³/mol. The average Bonchev–Trinajstić information content (AvgIpc) is 2.23. The quantitative estimate of drug-likeness (QED) is 0.532. The highest BCUT2D eigenvalue weighted by Crippen LogP contribution is 2.35. The van der Waals surface area contributed by atoms with Gasteiger partial charge in [-0.2, -0.15) is 0 Å². The molecule has 1 aromatic carbocycles. The van der Waals surface area contributed by atoms with E-state index in [-0.39, 0.29) is 12.4 Å². The molecule has 88 valence electrons. The van der Waals surface area contributed by atoms with Crippen LogP contribution in [0.2, 0.25) is 0 Å². The summed E-state index contributed by atoms with van der Waals surface area (Å²) < 4.78 is 4.73. The van der Waals surface area contributed by atoms with Crippen LogP contribution >= 0.6 is 0 Å². The number of carbonyl (C=O) groups is 1. The molecular weight excluding hydrogens is 212 g/mol. The number of phenolic OH excluding ortho intramolecular Hbond substituents is 3. The van der Waals surface area contributed by atoms with E-state index in [0.29, 0.717) is 18.6 Å². The predicted octanol–water partition coefficient (Wildman–Crippen LogP) is 1.30. The van der Waals surface area contributed by atoms with Gasteiger partial charge >= 0.3 is 5.97 Å². The molecule has 1 rings (SSSR count). The number of benzene rings is 1. The molecule has 1 aromatic rings. The Labute approximate surface area is 92.9 Å². The Hall–Kier alpha value is -1.91. The van der Waals surface area contributed by atoms with Gasteiger partial charge in [0.2, 0.25) is 0 Å². The normalized spacial score (nSPS) is 10.1. The first-order chi connectivity index (χ1) is 7.54. The van der Waals surface area contributed by atoms with Crippen LogP contribution in [-0.2, 0) is 16.0 Å². The first-order valence-electron chi connectivity index (χ1n) is 4.94. The summed E-state index contributed by atoms with van der Waals surface area (Å²) in [6, 6.07) is 2.60. The summed E-state index contributed by atoms with van der Waals surface area (Å²) in [4.78, 5) is 11.1. The molecule has 0 spiro atoms. The van der Waals surface area contributed by atoms with Gasteiger partial charge in [0, 0.05) is 6.42 Å². The van der Waals surface area contributed by atoms with Crippen LogP contribution in [0, 0.1) is 0 Å². The van der Waals surface area contributed by atoms with Crippen molar-refractivity contribution >= 4 is 5.97 Å². The molecule has 5 nitrogen and oxygen atoms in total. The molecular formula is C11H14O5. The molecule has 5 heteroatoms. The largest absolute Gasteiger partial charge is 0.504 e. The summed E-state index contributed by atoms with van der Waals surface area (Å²) in [5.41, 5.74) is 0.556. The van der Waals surface area contributed by atoms with E-state index >= 15 is 0 Å². The zero-order valence-electron chi connectivity index (χ0n) is 8.93. The molecule has 0 saturated heterocycles. The van der Waals surface area contributed by atoms with Crippen LogP contribution < -0.4 is 0 Å². The second-order valence-corrected chi connectivity index (χ2v) is 3.29. The van der Waals surface area contributed by atoms with E-state index in [0.717, 1.165) is 0 Å². The molecule has 0 heterocycles. The van der Waals surface area contributed by atoms with Gasteiger partial charge < -0.3 is 20.1 Å². The summed E-state index contributed by atoms with van der Waals surface area (Å²) in [5, 5.41) is 27.5. The number of ether oxygens (including phenoxy) is 1. The maximum atomic E-state index is 11.1. The molecule has 0 atom stereocenters. The van der Waals surface area contributed by atoms with Crippen LogP contribution in [0.1, 0.15) is 18.9 Å². The molecule has 0 radical (unpaired) electrons. The Morgan fingerprint density at radius 1 is 1.25 bits per heavy atom. The minimum absolute atomic E-state index is 0.164. The Morgan fingerprint density at radius 3 is 2.31 bits per heavy atom. The molecule has 0 bridgehead atoms. The Morgan fingerprint density at radius 2 is 1.81 bits per heavy atom. The fourth-order valence-electron chi connectivity index (χ4n) is 1.28. The molecule has 0 saturated carbocycles. The van der Waals surface area contributed by atoms with Gasteiger partial charge in [0.15, 0.2) is 17.2 Å². The monoisotopic (exact) mass is 226 g/mol. The van der Waals surface area contributed by atoms with Crippen molar-refractivity contribution in [1.82, 2.24) is 0 Å². The SMILES string of the molecule is CCOC(=O)CCc1cc(O)c(O)c(O)c1.